The van der Waals surface area contributed by atoms with Crippen LogP contribution < -0.4 is 0 Å². The number of unbranched alkanes of at least 4 members (excludes halogenated alkanes) is 2. The molecule has 0 bridgehead atoms. The molecule has 0 heterocycles. The molecule has 104 valence electrons. The molecule has 0 spiro atoms. The van der Waals surface area contributed by atoms with Crippen LogP contribution in [0, 0.1) is 0 Å². The summed E-state index contributed by atoms with van der Waals surface area (Å²) in [7, 11) is 0. The summed E-state index contributed by atoms with van der Waals surface area (Å²) in [4.78, 5) is 21.9. The number of aliphatic carboxylic acids is 1. The average molecular weight is 256 g/mol. The maximum atomic E-state index is 11.5. The van der Waals surface area contributed by atoms with Gasteiger partial charge in [0.2, 0.25) is 0 Å². The van der Waals surface area contributed by atoms with E-state index in [1.807, 2.05) is 13.8 Å². The van der Waals surface area contributed by atoms with Gasteiger partial charge in [0.1, 0.15) is 5.60 Å². The zero-order valence-electron chi connectivity index (χ0n) is 11.6. The summed E-state index contributed by atoms with van der Waals surface area (Å²) in [6, 6.07) is 0. The molecule has 0 saturated carbocycles. The van der Waals surface area contributed by atoms with Crippen molar-refractivity contribution in [3.05, 3.63) is 12.2 Å². The molecule has 0 aliphatic heterocycles. The summed E-state index contributed by atoms with van der Waals surface area (Å²) in [5.74, 6) is -1.71. The second-order valence-electron chi connectivity index (χ2n) is 4.44. The lowest BCUT2D eigenvalue weighted by Crippen LogP contribution is -2.33. The van der Waals surface area contributed by atoms with Gasteiger partial charge in [0.15, 0.2) is 0 Å². The maximum Gasteiger partial charge on any atom is 0.331 e. The van der Waals surface area contributed by atoms with Crippen LogP contribution in [0.15, 0.2) is 12.2 Å². The predicted octanol–water partition coefficient (Wildman–Crippen LogP) is 3.31. The summed E-state index contributed by atoms with van der Waals surface area (Å²) in [5, 5.41) is 8.45. The van der Waals surface area contributed by atoms with Crippen molar-refractivity contribution >= 4 is 11.9 Å². The largest absolute Gasteiger partial charge is 0.478 e. The van der Waals surface area contributed by atoms with E-state index < -0.39 is 17.5 Å². The van der Waals surface area contributed by atoms with E-state index >= 15 is 0 Å². The number of rotatable bonds is 9. The van der Waals surface area contributed by atoms with Crippen molar-refractivity contribution in [1.29, 1.82) is 0 Å². The fourth-order valence-electron chi connectivity index (χ4n) is 1.88. The Bertz CT molecular complexity index is 290. The number of hydrogen-bond donors (Lipinski definition) is 1. The summed E-state index contributed by atoms with van der Waals surface area (Å²) < 4.78 is 5.44. The highest BCUT2D eigenvalue weighted by atomic mass is 16.6. The number of carbonyl (C=O) groups excluding carboxylic acids is 1. The van der Waals surface area contributed by atoms with E-state index in [4.69, 9.17) is 9.84 Å². The van der Waals surface area contributed by atoms with Gasteiger partial charge >= 0.3 is 11.9 Å². The Labute approximate surface area is 109 Å². The Balaban J connectivity index is 4.49. The Morgan fingerprint density at radius 3 is 2.17 bits per heavy atom. The Morgan fingerprint density at radius 1 is 1.11 bits per heavy atom. The standard InChI is InChI=1S/C14H24O4/c1-4-7-8-11-14(5-2,6-3)18-13(17)10-9-12(15)16/h9-10H,4-8,11H2,1-3H3,(H,15,16). The number of ether oxygens (including phenoxy) is 1. The zero-order valence-corrected chi connectivity index (χ0v) is 11.6. The van der Waals surface area contributed by atoms with Crippen LogP contribution >= 0.6 is 0 Å². The molecule has 4 heteroatoms. The fourth-order valence-corrected chi connectivity index (χ4v) is 1.88. The lowest BCUT2D eigenvalue weighted by atomic mass is 9.90. The summed E-state index contributed by atoms with van der Waals surface area (Å²) in [6.07, 6.45) is 7.38. The van der Waals surface area contributed by atoms with Gasteiger partial charge in [0, 0.05) is 12.2 Å². The Hall–Kier alpha value is -1.32. The quantitative estimate of drug-likeness (QED) is 0.390. The maximum absolute atomic E-state index is 11.5. The Kier molecular flexibility index (Phi) is 8.08. The van der Waals surface area contributed by atoms with Crippen LogP contribution in [0.1, 0.15) is 59.3 Å². The number of esters is 1. The third-order valence-electron chi connectivity index (χ3n) is 3.20. The molecule has 0 aliphatic carbocycles. The molecule has 0 aliphatic rings. The second kappa shape index (κ2) is 8.72. The molecule has 0 radical (unpaired) electrons. The molecule has 0 aromatic heterocycles. The van der Waals surface area contributed by atoms with E-state index in [9.17, 15) is 9.59 Å². The van der Waals surface area contributed by atoms with Gasteiger partial charge < -0.3 is 9.84 Å². The van der Waals surface area contributed by atoms with Crippen LogP contribution in [0.3, 0.4) is 0 Å². The minimum atomic E-state index is -1.14. The number of hydrogen-bond acceptors (Lipinski definition) is 3. The van der Waals surface area contributed by atoms with Gasteiger partial charge in [-0.3, -0.25) is 0 Å². The molecule has 0 rings (SSSR count). The van der Waals surface area contributed by atoms with Crippen molar-refractivity contribution < 1.29 is 19.4 Å². The molecule has 0 atom stereocenters. The van der Waals surface area contributed by atoms with Crippen LogP contribution in [0.4, 0.5) is 0 Å². The van der Waals surface area contributed by atoms with Gasteiger partial charge in [-0.1, -0.05) is 33.6 Å². The van der Waals surface area contributed by atoms with Gasteiger partial charge in [-0.05, 0) is 25.7 Å². The first-order chi connectivity index (χ1) is 8.49. The van der Waals surface area contributed by atoms with Gasteiger partial charge in [-0.2, -0.15) is 0 Å². The summed E-state index contributed by atoms with van der Waals surface area (Å²) in [5.41, 5.74) is -0.449. The van der Waals surface area contributed by atoms with Gasteiger partial charge in [-0.15, -0.1) is 0 Å². The third kappa shape index (κ3) is 6.42. The van der Waals surface area contributed by atoms with E-state index in [0.29, 0.717) is 0 Å². The van der Waals surface area contributed by atoms with E-state index in [1.165, 1.54) is 0 Å². The van der Waals surface area contributed by atoms with Crippen LogP contribution in [0.25, 0.3) is 0 Å². The predicted molar refractivity (Wildman–Crippen MR) is 70.3 cm³/mol. The van der Waals surface area contributed by atoms with Crippen LogP contribution in [0.5, 0.6) is 0 Å². The number of carboxylic acid groups (broad SMARTS) is 1. The highest BCUT2D eigenvalue weighted by Gasteiger charge is 2.29. The SMILES string of the molecule is CCCCCC(CC)(CC)OC(=O)C=CC(=O)O. The van der Waals surface area contributed by atoms with Gasteiger partial charge in [0.25, 0.3) is 0 Å². The van der Waals surface area contributed by atoms with E-state index in [2.05, 4.69) is 6.92 Å². The summed E-state index contributed by atoms with van der Waals surface area (Å²) >= 11 is 0. The lowest BCUT2D eigenvalue weighted by molar-refractivity contribution is -0.155. The van der Waals surface area contributed by atoms with Gasteiger partial charge in [-0.25, -0.2) is 9.59 Å². The molecule has 1 N–H and O–H groups in total. The molecular weight excluding hydrogens is 232 g/mol. The molecule has 18 heavy (non-hydrogen) atoms. The highest BCUT2D eigenvalue weighted by molar-refractivity contribution is 5.90. The van der Waals surface area contributed by atoms with Crippen molar-refractivity contribution in [2.45, 2.75) is 64.9 Å². The number of carbonyl (C=O) groups is 2. The molecule has 0 saturated heterocycles. The van der Waals surface area contributed by atoms with Crippen LogP contribution in [-0.4, -0.2) is 22.6 Å². The molecular formula is C14H24O4. The van der Waals surface area contributed by atoms with E-state index in [-0.39, 0.29) is 0 Å². The molecule has 0 unspecified atom stereocenters. The molecule has 0 fully saturated rings. The minimum absolute atomic E-state index is 0.449. The molecule has 0 aromatic rings. The lowest BCUT2D eigenvalue weighted by Gasteiger charge is -2.31. The number of carboxylic acids is 1. The van der Waals surface area contributed by atoms with E-state index in [0.717, 1.165) is 50.7 Å². The third-order valence-corrected chi connectivity index (χ3v) is 3.20. The first-order valence-corrected chi connectivity index (χ1v) is 6.63. The first kappa shape index (κ1) is 16.7. The molecule has 0 amide bonds. The summed E-state index contributed by atoms with van der Waals surface area (Å²) in [6.45, 7) is 6.11. The van der Waals surface area contributed by atoms with Crippen molar-refractivity contribution in [2.75, 3.05) is 0 Å². The zero-order chi connectivity index (χ0) is 14.0. The van der Waals surface area contributed by atoms with Gasteiger partial charge in [0.05, 0.1) is 0 Å². The van der Waals surface area contributed by atoms with Crippen molar-refractivity contribution in [3.8, 4) is 0 Å². The average Bonchev–Trinajstić information content (AvgIpc) is 2.35. The monoisotopic (exact) mass is 256 g/mol. The topological polar surface area (TPSA) is 63.6 Å². The van der Waals surface area contributed by atoms with Crippen LogP contribution in [0.2, 0.25) is 0 Å². The van der Waals surface area contributed by atoms with Crippen molar-refractivity contribution in [2.24, 2.45) is 0 Å². The minimum Gasteiger partial charge on any atom is -0.478 e. The van der Waals surface area contributed by atoms with Crippen LogP contribution in [-0.2, 0) is 14.3 Å². The van der Waals surface area contributed by atoms with Crippen molar-refractivity contribution in [3.63, 3.8) is 0 Å². The molecule has 4 nitrogen and oxygen atoms in total. The smallest absolute Gasteiger partial charge is 0.331 e. The highest BCUT2D eigenvalue weighted by Crippen LogP contribution is 2.27. The first-order valence-electron chi connectivity index (χ1n) is 6.63. The normalized spacial score (nSPS) is 11.7. The molecule has 0 aromatic carbocycles. The second-order valence-corrected chi connectivity index (χ2v) is 4.44. The fraction of sp³-hybridized carbons (Fsp3) is 0.714. The van der Waals surface area contributed by atoms with E-state index in [1.54, 1.807) is 0 Å². The Morgan fingerprint density at radius 2 is 1.72 bits per heavy atom. The van der Waals surface area contributed by atoms with Crippen molar-refractivity contribution in [1.82, 2.24) is 0 Å².